The van der Waals surface area contributed by atoms with Crippen LogP contribution in [0.2, 0.25) is 0 Å². The van der Waals surface area contributed by atoms with Gasteiger partial charge >= 0.3 is 6.18 Å². The summed E-state index contributed by atoms with van der Waals surface area (Å²) in [6.07, 6.45) is -2.74. The summed E-state index contributed by atoms with van der Waals surface area (Å²) in [6.45, 7) is 1.92. The van der Waals surface area contributed by atoms with Gasteiger partial charge in [0.15, 0.2) is 0 Å². The summed E-state index contributed by atoms with van der Waals surface area (Å²) in [5.74, 6) is -0.478. The molecule has 1 aromatic rings. The number of nitrogens with two attached hydrogens (primary N) is 1. The second-order valence-electron chi connectivity index (χ2n) is 4.15. The van der Waals surface area contributed by atoms with Gasteiger partial charge in [-0.25, -0.2) is 0 Å². The zero-order valence-corrected chi connectivity index (χ0v) is 9.17. The molecular weight excluding hydrogens is 235 g/mol. The molecule has 8 heteroatoms. The Hall–Kier alpha value is -1.31. The standard InChI is InChI=1S/C9H14F3N5/c10-9(11,12)7-14-8(16-15-7)17-3-1-6(5-13)2-4-17/h6H,1-5,13H2,(H,14,15,16). The van der Waals surface area contributed by atoms with Crippen LogP contribution in [0, 0.1) is 5.92 Å². The SMILES string of the molecule is NCC1CCN(c2n[nH]c(C(F)(F)F)n2)CC1. The quantitative estimate of drug-likeness (QED) is 0.820. The third-order valence-corrected chi connectivity index (χ3v) is 2.97. The van der Waals surface area contributed by atoms with Crippen molar-refractivity contribution in [3.63, 3.8) is 0 Å². The molecule has 0 spiro atoms. The molecular formula is C9H14F3N5. The zero-order chi connectivity index (χ0) is 12.5. The fourth-order valence-electron chi connectivity index (χ4n) is 1.89. The minimum atomic E-state index is -4.47. The lowest BCUT2D eigenvalue weighted by molar-refractivity contribution is -0.144. The van der Waals surface area contributed by atoms with E-state index in [-0.39, 0.29) is 5.95 Å². The molecule has 3 N–H and O–H groups in total. The number of alkyl halides is 3. The van der Waals surface area contributed by atoms with Gasteiger partial charge in [0.2, 0.25) is 11.8 Å². The monoisotopic (exact) mass is 249 g/mol. The highest BCUT2D eigenvalue weighted by atomic mass is 19.4. The van der Waals surface area contributed by atoms with E-state index in [9.17, 15) is 13.2 Å². The Morgan fingerprint density at radius 2 is 2.00 bits per heavy atom. The van der Waals surface area contributed by atoms with E-state index in [1.165, 1.54) is 0 Å². The maximum absolute atomic E-state index is 12.3. The van der Waals surface area contributed by atoms with E-state index < -0.39 is 12.0 Å². The highest BCUT2D eigenvalue weighted by Crippen LogP contribution is 2.28. The van der Waals surface area contributed by atoms with E-state index in [4.69, 9.17) is 5.73 Å². The number of aromatic nitrogens is 3. The summed E-state index contributed by atoms with van der Waals surface area (Å²) >= 11 is 0. The van der Waals surface area contributed by atoms with Crippen molar-refractivity contribution in [2.45, 2.75) is 19.0 Å². The zero-order valence-electron chi connectivity index (χ0n) is 9.17. The van der Waals surface area contributed by atoms with Crippen molar-refractivity contribution < 1.29 is 13.2 Å². The summed E-state index contributed by atoms with van der Waals surface area (Å²) in [6, 6.07) is 0. The van der Waals surface area contributed by atoms with Crippen LogP contribution in [-0.4, -0.2) is 34.8 Å². The second kappa shape index (κ2) is 4.52. The van der Waals surface area contributed by atoms with Crippen molar-refractivity contribution in [1.82, 2.24) is 15.2 Å². The number of hydrogen-bond acceptors (Lipinski definition) is 4. The first kappa shape index (κ1) is 12.2. The fourth-order valence-corrected chi connectivity index (χ4v) is 1.89. The molecule has 17 heavy (non-hydrogen) atoms. The van der Waals surface area contributed by atoms with Gasteiger partial charge in [0.05, 0.1) is 0 Å². The van der Waals surface area contributed by atoms with Crippen LogP contribution in [-0.2, 0) is 6.18 Å². The van der Waals surface area contributed by atoms with E-state index >= 15 is 0 Å². The number of anilines is 1. The molecule has 0 amide bonds. The van der Waals surface area contributed by atoms with Crippen LogP contribution in [0.25, 0.3) is 0 Å². The Balaban J connectivity index is 2.02. The summed E-state index contributed by atoms with van der Waals surface area (Å²) in [5.41, 5.74) is 5.54. The summed E-state index contributed by atoms with van der Waals surface area (Å²) in [4.78, 5) is 5.21. The van der Waals surface area contributed by atoms with E-state index in [1.807, 2.05) is 5.10 Å². The van der Waals surface area contributed by atoms with Gasteiger partial charge in [0.1, 0.15) is 0 Å². The molecule has 0 radical (unpaired) electrons. The third-order valence-electron chi connectivity index (χ3n) is 2.97. The van der Waals surface area contributed by atoms with Gasteiger partial charge in [0, 0.05) is 13.1 Å². The predicted molar refractivity (Wildman–Crippen MR) is 55.4 cm³/mol. The van der Waals surface area contributed by atoms with Crippen LogP contribution in [0.15, 0.2) is 0 Å². The smallest absolute Gasteiger partial charge is 0.340 e. The van der Waals surface area contributed by atoms with Gasteiger partial charge in [-0.2, -0.15) is 18.2 Å². The molecule has 1 aliphatic heterocycles. The maximum Gasteiger partial charge on any atom is 0.451 e. The largest absolute Gasteiger partial charge is 0.451 e. The number of nitrogens with zero attached hydrogens (tertiary/aromatic N) is 3. The number of halogens is 3. The van der Waals surface area contributed by atoms with Crippen molar-refractivity contribution in [3.05, 3.63) is 5.82 Å². The second-order valence-corrected chi connectivity index (χ2v) is 4.15. The minimum Gasteiger partial charge on any atom is -0.340 e. The summed E-state index contributed by atoms with van der Waals surface area (Å²) in [5, 5.41) is 5.51. The van der Waals surface area contributed by atoms with E-state index in [2.05, 4.69) is 10.1 Å². The molecule has 2 rings (SSSR count). The molecule has 0 bridgehead atoms. The summed E-state index contributed by atoms with van der Waals surface area (Å²) < 4.78 is 36.9. The van der Waals surface area contributed by atoms with Gasteiger partial charge < -0.3 is 10.6 Å². The fraction of sp³-hybridized carbons (Fsp3) is 0.778. The van der Waals surface area contributed by atoms with Crippen molar-refractivity contribution in [1.29, 1.82) is 0 Å². The molecule has 96 valence electrons. The molecule has 0 saturated carbocycles. The van der Waals surface area contributed by atoms with Gasteiger partial charge in [-0.05, 0) is 25.3 Å². The lowest BCUT2D eigenvalue weighted by Gasteiger charge is -2.30. The molecule has 1 aliphatic rings. The van der Waals surface area contributed by atoms with E-state index in [1.54, 1.807) is 4.90 Å². The normalized spacial score (nSPS) is 18.7. The van der Waals surface area contributed by atoms with E-state index in [0.717, 1.165) is 12.8 Å². The average molecular weight is 249 g/mol. The number of piperidine rings is 1. The average Bonchev–Trinajstić information content (AvgIpc) is 2.78. The first-order chi connectivity index (χ1) is 8.00. The van der Waals surface area contributed by atoms with Gasteiger partial charge in [-0.1, -0.05) is 0 Å². The van der Waals surface area contributed by atoms with E-state index in [0.29, 0.717) is 25.6 Å². The molecule has 1 fully saturated rings. The van der Waals surface area contributed by atoms with Crippen LogP contribution in [0.5, 0.6) is 0 Å². The molecule has 2 heterocycles. The van der Waals surface area contributed by atoms with Gasteiger partial charge in [-0.3, -0.25) is 5.10 Å². The number of rotatable bonds is 2. The topological polar surface area (TPSA) is 70.8 Å². The molecule has 0 aliphatic carbocycles. The number of hydrogen-bond donors (Lipinski definition) is 2. The van der Waals surface area contributed by atoms with Crippen LogP contribution in [0.3, 0.4) is 0 Å². The number of nitrogens with one attached hydrogen (secondary N) is 1. The Morgan fingerprint density at radius 1 is 1.35 bits per heavy atom. The Kier molecular flexibility index (Phi) is 3.23. The molecule has 1 aromatic heterocycles. The maximum atomic E-state index is 12.3. The third kappa shape index (κ3) is 2.68. The van der Waals surface area contributed by atoms with Crippen molar-refractivity contribution in [2.75, 3.05) is 24.5 Å². The highest BCUT2D eigenvalue weighted by Gasteiger charge is 2.36. The van der Waals surface area contributed by atoms with Crippen LogP contribution >= 0.6 is 0 Å². The minimum absolute atomic E-state index is 0.118. The first-order valence-electron chi connectivity index (χ1n) is 5.45. The van der Waals surface area contributed by atoms with Crippen molar-refractivity contribution in [3.8, 4) is 0 Å². The van der Waals surface area contributed by atoms with Gasteiger partial charge in [0.25, 0.3) is 0 Å². The lowest BCUT2D eigenvalue weighted by Crippen LogP contribution is -2.36. The Labute approximate surface area is 96.2 Å². The highest BCUT2D eigenvalue weighted by molar-refractivity contribution is 5.29. The van der Waals surface area contributed by atoms with Crippen LogP contribution in [0.4, 0.5) is 19.1 Å². The number of H-pyrrole nitrogens is 1. The van der Waals surface area contributed by atoms with Crippen LogP contribution in [0.1, 0.15) is 18.7 Å². The molecule has 0 unspecified atom stereocenters. The van der Waals surface area contributed by atoms with Gasteiger partial charge in [-0.15, -0.1) is 5.10 Å². The molecule has 0 atom stereocenters. The molecule has 5 nitrogen and oxygen atoms in total. The van der Waals surface area contributed by atoms with Crippen molar-refractivity contribution >= 4 is 5.95 Å². The van der Waals surface area contributed by atoms with Crippen molar-refractivity contribution in [2.24, 2.45) is 11.7 Å². The number of aromatic amines is 1. The first-order valence-corrected chi connectivity index (χ1v) is 5.45. The predicted octanol–water partition coefficient (Wildman–Crippen LogP) is 0.999. The molecule has 1 saturated heterocycles. The summed E-state index contributed by atoms with van der Waals surface area (Å²) in [7, 11) is 0. The Morgan fingerprint density at radius 3 is 2.47 bits per heavy atom. The molecule has 0 aromatic carbocycles. The van der Waals surface area contributed by atoms with Crippen LogP contribution < -0.4 is 10.6 Å². The lowest BCUT2D eigenvalue weighted by atomic mass is 9.97. The Bertz CT molecular complexity index is 367.